The van der Waals surface area contributed by atoms with Crippen molar-refractivity contribution in [1.29, 1.82) is 0 Å². The van der Waals surface area contributed by atoms with Gasteiger partial charge in [-0.1, -0.05) is 11.2 Å². The van der Waals surface area contributed by atoms with E-state index in [2.05, 4.69) is 22.4 Å². The maximum absolute atomic E-state index is 12.2. The molecule has 112 valence electrons. The molecule has 1 N–H and O–H groups in total. The Kier molecular flexibility index (Phi) is 4.31. The van der Waals surface area contributed by atoms with Gasteiger partial charge in [-0.3, -0.25) is 4.79 Å². The van der Waals surface area contributed by atoms with Crippen LogP contribution in [0.15, 0.2) is 22.0 Å². The van der Waals surface area contributed by atoms with Crippen molar-refractivity contribution in [2.75, 3.05) is 19.6 Å². The molecule has 0 bridgehead atoms. The van der Waals surface area contributed by atoms with E-state index in [0.717, 1.165) is 24.5 Å². The fourth-order valence-corrected chi connectivity index (χ4v) is 3.08. The van der Waals surface area contributed by atoms with Gasteiger partial charge in [0.1, 0.15) is 0 Å². The number of nitrogens with one attached hydrogen (secondary N) is 1. The molecule has 1 fully saturated rings. The Balaban J connectivity index is 1.56. The van der Waals surface area contributed by atoms with E-state index in [1.807, 2.05) is 22.4 Å². The molecule has 2 aromatic rings. The summed E-state index contributed by atoms with van der Waals surface area (Å²) in [6.45, 7) is 4.55. The Hall–Kier alpha value is -1.73. The molecule has 2 aromatic heterocycles. The first-order chi connectivity index (χ1) is 10.2. The molecule has 6 nitrogen and oxygen atoms in total. The van der Waals surface area contributed by atoms with Crippen LogP contribution in [0.5, 0.6) is 0 Å². The Bertz CT molecular complexity index is 596. The Labute approximate surface area is 127 Å². The highest BCUT2D eigenvalue weighted by atomic mass is 32.1. The zero-order valence-electron chi connectivity index (χ0n) is 11.9. The number of rotatable bonds is 4. The van der Waals surface area contributed by atoms with Crippen LogP contribution in [0, 0.1) is 0 Å². The van der Waals surface area contributed by atoms with Crippen LogP contribution in [0.2, 0.25) is 0 Å². The summed E-state index contributed by atoms with van der Waals surface area (Å²) in [7, 11) is 0. The number of aromatic nitrogens is 2. The summed E-state index contributed by atoms with van der Waals surface area (Å²) in [6.07, 6.45) is 0.907. The van der Waals surface area contributed by atoms with Gasteiger partial charge >= 0.3 is 0 Å². The van der Waals surface area contributed by atoms with Gasteiger partial charge in [0.2, 0.25) is 17.6 Å². The molecule has 0 aliphatic carbocycles. The third-order valence-corrected chi connectivity index (χ3v) is 4.45. The topological polar surface area (TPSA) is 71.3 Å². The summed E-state index contributed by atoms with van der Waals surface area (Å²) in [5, 5.41) is 9.20. The van der Waals surface area contributed by atoms with Crippen LogP contribution in [-0.2, 0) is 11.2 Å². The first-order valence-corrected chi connectivity index (χ1v) is 7.98. The van der Waals surface area contributed by atoms with Crippen molar-refractivity contribution in [2.45, 2.75) is 25.8 Å². The Morgan fingerprint density at radius 3 is 3.29 bits per heavy atom. The summed E-state index contributed by atoms with van der Waals surface area (Å²) < 4.78 is 5.22. The van der Waals surface area contributed by atoms with Gasteiger partial charge in [-0.25, -0.2) is 0 Å². The quantitative estimate of drug-likeness (QED) is 0.928. The van der Waals surface area contributed by atoms with Gasteiger partial charge in [0, 0.05) is 38.5 Å². The maximum atomic E-state index is 12.2. The zero-order valence-corrected chi connectivity index (χ0v) is 12.7. The Morgan fingerprint density at radius 1 is 1.62 bits per heavy atom. The predicted octanol–water partition coefficient (Wildman–Crippen LogP) is 1.55. The number of aryl methyl sites for hydroxylation is 1. The number of carbonyl (C=O) groups excluding carboxylic acids is 1. The molecule has 7 heteroatoms. The van der Waals surface area contributed by atoms with Crippen molar-refractivity contribution in [3.63, 3.8) is 0 Å². The average Bonchev–Trinajstić information content (AvgIpc) is 3.16. The molecular weight excluding hydrogens is 288 g/mol. The highest BCUT2D eigenvalue weighted by Crippen LogP contribution is 2.21. The summed E-state index contributed by atoms with van der Waals surface area (Å²) in [5.74, 6) is 1.28. The van der Waals surface area contributed by atoms with E-state index in [9.17, 15) is 4.79 Å². The fraction of sp³-hybridized carbons (Fsp3) is 0.500. The molecule has 0 aromatic carbocycles. The molecule has 1 saturated heterocycles. The Morgan fingerprint density at radius 2 is 2.52 bits per heavy atom. The van der Waals surface area contributed by atoms with Crippen LogP contribution >= 0.6 is 11.3 Å². The number of thiophene rings is 1. The lowest BCUT2D eigenvalue weighted by atomic mass is 10.2. The second-order valence-electron chi connectivity index (χ2n) is 5.13. The summed E-state index contributed by atoms with van der Waals surface area (Å²) in [5.41, 5.74) is 0. The minimum atomic E-state index is 0.153. The number of nitrogens with zero attached hydrogens (tertiary/aromatic N) is 3. The van der Waals surface area contributed by atoms with Gasteiger partial charge in [0.05, 0.1) is 4.88 Å². The fourth-order valence-electron chi connectivity index (χ4n) is 2.43. The molecule has 1 amide bonds. The average molecular weight is 306 g/mol. The minimum Gasteiger partial charge on any atom is -0.339 e. The largest absolute Gasteiger partial charge is 0.339 e. The van der Waals surface area contributed by atoms with Crippen LogP contribution in [0.4, 0.5) is 0 Å². The first-order valence-electron chi connectivity index (χ1n) is 7.10. The van der Waals surface area contributed by atoms with Crippen LogP contribution in [0.3, 0.4) is 0 Å². The van der Waals surface area contributed by atoms with Crippen molar-refractivity contribution in [3.05, 3.63) is 23.4 Å². The van der Waals surface area contributed by atoms with Crippen molar-refractivity contribution >= 4 is 17.2 Å². The van der Waals surface area contributed by atoms with Gasteiger partial charge in [-0.05, 0) is 18.4 Å². The predicted molar refractivity (Wildman–Crippen MR) is 80.0 cm³/mol. The van der Waals surface area contributed by atoms with E-state index in [4.69, 9.17) is 4.52 Å². The number of carbonyl (C=O) groups is 1. The lowest BCUT2D eigenvalue weighted by molar-refractivity contribution is -0.134. The van der Waals surface area contributed by atoms with Crippen LogP contribution < -0.4 is 5.32 Å². The van der Waals surface area contributed by atoms with E-state index < -0.39 is 0 Å². The normalized spacial score (nSPS) is 18.9. The number of hydrogen-bond acceptors (Lipinski definition) is 6. The smallest absolute Gasteiger partial charge is 0.227 e. The van der Waals surface area contributed by atoms with Crippen molar-refractivity contribution in [1.82, 2.24) is 20.4 Å². The van der Waals surface area contributed by atoms with Gasteiger partial charge in [-0.15, -0.1) is 11.3 Å². The van der Waals surface area contributed by atoms with Crippen molar-refractivity contribution in [3.8, 4) is 10.7 Å². The summed E-state index contributed by atoms with van der Waals surface area (Å²) in [6, 6.07) is 4.15. The van der Waals surface area contributed by atoms with E-state index in [-0.39, 0.29) is 11.9 Å². The van der Waals surface area contributed by atoms with Gasteiger partial charge < -0.3 is 14.7 Å². The SMILES string of the molecule is C[C@H]1CNCCN1C(=O)CCc1nc(-c2cccs2)no1. The van der Waals surface area contributed by atoms with Gasteiger partial charge in [-0.2, -0.15) is 4.98 Å². The van der Waals surface area contributed by atoms with E-state index in [1.165, 1.54) is 0 Å². The number of piperazine rings is 1. The molecule has 0 saturated carbocycles. The van der Waals surface area contributed by atoms with Crippen LogP contribution in [0.1, 0.15) is 19.2 Å². The molecule has 0 unspecified atom stereocenters. The lowest BCUT2D eigenvalue weighted by Gasteiger charge is -2.34. The zero-order chi connectivity index (χ0) is 14.7. The van der Waals surface area contributed by atoms with Crippen molar-refractivity contribution in [2.24, 2.45) is 0 Å². The third-order valence-electron chi connectivity index (χ3n) is 3.58. The van der Waals surface area contributed by atoms with Gasteiger partial charge in [0.15, 0.2) is 0 Å². The molecule has 3 heterocycles. The summed E-state index contributed by atoms with van der Waals surface area (Å²) in [4.78, 5) is 19.5. The summed E-state index contributed by atoms with van der Waals surface area (Å²) >= 11 is 1.57. The third kappa shape index (κ3) is 3.30. The van der Waals surface area contributed by atoms with Crippen LogP contribution in [0.25, 0.3) is 10.7 Å². The molecule has 1 aliphatic heterocycles. The second-order valence-corrected chi connectivity index (χ2v) is 6.08. The molecular formula is C14H18N4O2S. The lowest BCUT2D eigenvalue weighted by Crippen LogP contribution is -2.52. The molecule has 1 aliphatic rings. The standard InChI is InChI=1S/C14H18N4O2S/c1-10-9-15-6-7-18(10)13(19)5-4-12-16-14(17-20-12)11-3-2-8-21-11/h2-3,8,10,15H,4-7,9H2,1H3/t10-/m0/s1. The minimum absolute atomic E-state index is 0.153. The molecule has 0 spiro atoms. The molecule has 0 radical (unpaired) electrons. The maximum Gasteiger partial charge on any atom is 0.227 e. The highest BCUT2D eigenvalue weighted by Gasteiger charge is 2.23. The number of hydrogen-bond donors (Lipinski definition) is 1. The molecule has 21 heavy (non-hydrogen) atoms. The highest BCUT2D eigenvalue weighted by molar-refractivity contribution is 7.13. The molecule has 1 atom stereocenters. The first kappa shape index (κ1) is 14.2. The van der Waals surface area contributed by atoms with Gasteiger partial charge in [0.25, 0.3) is 0 Å². The van der Waals surface area contributed by atoms with Crippen molar-refractivity contribution < 1.29 is 9.32 Å². The van der Waals surface area contributed by atoms with E-state index >= 15 is 0 Å². The monoisotopic (exact) mass is 306 g/mol. The molecule has 3 rings (SSSR count). The second kappa shape index (κ2) is 6.36. The number of amides is 1. The van der Waals surface area contributed by atoms with E-state index in [1.54, 1.807) is 11.3 Å². The van der Waals surface area contributed by atoms with E-state index in [0.29, 0.717) is 24.6 Å². The van der Waals surface area contributed by atoms with Crippen LogP contribution in [-0.4, -0.2) is 46.6 Å².